The standard InChI is InChI=1S/C18H27N3O3/c1-3-15-19-12(2)17(24-15)18(23)20-14-9-16(22)21(11-14)10-13-7-5-4-6-8-13/h13-14H,3-11H2,1-2H3,(H,20,23). The smallest absolute Gasteiger partial charge is 0.289 e. The van der Waals surface area contributed by atoms with Crippen molar-refractivity contribution in [1.82, 2.24) is 15.2 Å². The fourth-order valence-corrected chi connectivity index (χ4v) is 3.79. The van der Waals surface area contributed by atoms with Gasteiger partial charge in [0.25, 0.3) is 5.91 Å². The van der Waals surface area contributed by atoms with Crippen molar-refractivity contribution in [3.63, 3.8) is 0 Å². The quantitative estimate of drug-likeness (QED) is 0.898. The maximum Gasteiger partial charge on any atom is 0.289 e. The Morgan fingerprint density at radius 3 is 2.75 bits per heavy atom. The minimum Gasteiger partial charge on any atom is -0.435 e. The number of aryl methyl sites for hydroxylation is 2. The maximum absolute atomic E-state index is 12.4. The van der Waals surface area contributed by atoms with Crippen LogP contribution in [0.15, 0.2) is 4.42 Å². The Morgan fingerprint density at radius 2 is 2.08 bits per heavy atom. The van der Waals surface area contributed by atoms with Crippen LogP contribution in [0.1, 0.15) is 67.6 Å². The van der Waals surface area contributed by atoms with E-state index in [2.05, 4.69) is 10.3 Å². The van der Waals surface area contributed by atoms with Gasteiger partial charge < -0.3 is 14.6 Å². The Kier molecular flexibility index (Phi) is 5.21. The van der Waals surface area contributed by atoms with Gasteiger partial charge in [-0.1, -0.05) is 26.2 Å². The summed E-state index contributed by atoms with van der Waals surface area (Å²) < 4.78 is 5.49. The van der Waals surface area contributed by atoms with E-state index in [1.54, 1.807) is 6.92 Å². The molecule has 1 aromatic heterocycles. The first-order chi connectivity index (χ1) is 11.6. The molecule has 24 heavy (non-hydrogen) atoms. The lowest BCUT2D eigenvalue weighted by molar-refractivity contribution is -0.128. The van der Waals surface area contributed by atoms with Gasteiger partial charge in [0.05, 0.1) is 11.7 Å². The number of aromatic nitrogens is 1. The molecular weight excluding hydrogens is 306 g/mol. The largest absolute Gasteiger partial charge is 0.435 e. The molecule has 6 heteroatoms. The van der Waals surface area contributed by atoms with Crippen molar-refractivity contribution in [2.45, 2.75) is 64.8 Å². The van der Waals surface area contributed by atoms with Crippen LogP contribution in [0, 0.1) is 12.8 Å². The predicted molar refractivity (Wildman–Crippen MR) is 89.6 cm³/mol. The van der Waals surface area contributed by atoms with Gasteiger partial charge in [-0.15, -0.1) is 0 Å². The van der Waals surface area contributed by atoms with E-state index in [4.69, 9.17) is 4.42 Å². The second kappa shape index (κ2) is 7.36. The van der Waals surface area contributed by atoms with Gasteiger partial charge in [0.15, 0.2) is 5.89 Å². The van der Waals surface area contributed by atoms with Gasteiger partial charge in [0, 0.05) is 25.9 Å². The van der Waals surface area contributed by atoms with Crippen LogP contribution in [-0.4, -0.2) is 40.8 Å². The van der Waals surface area contributed by atoms with E-state index in [-0.39, 0.29) is 23.6 Å². The third-order valence-electron chi connectivity index (χ3n) is 5.10. The molecule has 2 fully saturated rings. The van der Waals surface area contributed by atoms with Crippen LogP contribution in [0.3, 0.4) is 0 Å². The number of hydrogen-bond donors (Lipinski definition) is 1. The van der Waals surface area contributed by atoms with E-state index in [1.807, 2.05) is 11.8 Å². The molecule has 3 rings (SSSR count). The molecule has 2 amide bonds. The summed E-state index contributed by atoms with van der Waals surface area (Å²) in [6, 6.07) is -0.136. The van der Waals surface area contributed by atoms with Gasteiger partial charge in [-0.05, 0) is 25.7 Å². The summed E-state index contributed by atoms with van der Waals surface area (Å²) in [6.45, 7) is 5.15. The first-order valence-corrected chi connectivity index (χ1v) is 9.11. The number of nitrogens with one attached hydrogen (secondary N) is 1. The van der Waals surface area contributed by atoms with E-state index in [1.165, 1.54) is 32.1 Å². The highest BCUT2D eigenvalue weighted by Gasteiger charge is 2.33. The van der Waals surface area contributed by atoms with Crippen molar-refractivity contribution < 1.29 is 14.0 Å². The molecule has 1 saturated heterocycles. The monoisotopic (exact) mass is 333 g/mol. The van der Waals surface area contributed by atoms with Gasteiger partial charge in [-0.3, -0.25) is 9.59 Å². The average molecular weight is 333 g/mol. The maximum atomic E-state index is 12.4. The lowest BCUT2D eigenvalue weighted by Crippen LogP contribution is -2.38. The molecule has 2 aliphatic rings. The fourth-order valence-electron chi connectivity index (χ4n) is 3.79. The van der Waals surface area contributed by atoms with Crippen LogP contribution in [0.2, 0.25) is 0 Å². The third-order valence-corrected chi connectivity index (χ3v) is 5.10. The van der Waals surface area contributed by atoms with Gasteiger partial charge >= 0.3 is 0 Å². The number of rotatable bonds is 5. The Morgan fingerprint density at radius 1 is 1.33 bits per heavy atom. The van der Waals surface area contributed by atoms with E-state index >= 15 is 0 Å². The summed E-state index contributed by atoms with van der Waals surface area (Å²) >= 11 is 0. The minimum atomic E-state index is -0.267. The molecule has 1 aliphatic carbocycles. The second-order valence-electron chi connectivity index (χ2n) is 7.05. The minimum absolute atomic E-state index is 0.136. The van der Waals surface area contributed by atoms with Crippen molar-refractivity contribution in [3.8, 4) is 0 Å². The van der Waals surface area contributed by atoms with Crippen molar-refractivity contribution in [3.05, 3.63) is 17.3 Å². The Labute approximate surface area is 143 Å². The molecule has 1 saturated carbocycles. The number of likely N-dealkylation sites (tertiary alicyclic amines) is 1. The van der Waals surface area contributed by atoms with Crippen LogP contribution < -0.4 is 5.32 Å². The molecule has 1 unspecified atom stereocenters. The average Bonchev–Trinajstić information content (AvgIpc) is 3.11. The molecule has 0 bridgehead atoms. The normalized spacial score (nSPS) is 22.2. The Bertz CT molecular complexity index is 605. The Balaban J connectivity index is 1.55. The molecule has 1 aromatic rings. The van der Waals surface area contributed by atoms with E-state index in [0.29, 0.717) is 36.9 Å². The van der Waals surface area contributed by atoms with E-state index in [9.17, 15) is 9.59 Å². The number of carbonyl (C=O) groups excluding carboxylic acids is 2. The number of oxazole rings is 1. The summed E-state index contributed by atoms with van der Waals surface area (Å²) in [5.41, 5.74) is 0.604. The first kappa shape index (κ1) is 17.0. The zero-order valence-corrected chi connectivity index (χ0v) is 14.6. The van der Waals surface area contributed by atoms with Crippen molar-refractivity contribution >= 4 is 11.8 Å². The Hall–Kier alpha value is -1.85. The van der Waals surface area contributed by atoms with Crippen molar-refractivity contribution in [2.24, 2.45) is 5.92 Å². The molecule has 1 N–H and O–H groups in total. The summed E-state index contributed by atoms with van der Waals surface area (Å²) in [5, 5.41) is 2.94. The zero-order valence-electron chi connectivity index (χ0n) is 14.6. The van der Waals surface area contributed by atoms with Crippen LogP contribution in [0.25, 0.3) is 0 Å². The second-order valence-corrected chi connectivity index (χ2v) is 7.05. The SMILES string of the molecule is CCc1nc(C)c(C(=O)NC2CC(=O)N(CC3CCCCC3)C2)o1. The molecule has 0 spiro atoms. The molecule has 2 heterocycles. The third kappa shape index (κ3) is 3.79. The number of nitrogens with zero attached hydrogens (tertiary/aromatic N) is 2. The number of amides is 2. The topological polar surface area (TPSA) is 75.4 Å². The highest BCUT2D eigenvalue weighted by Crippen LogP contribution is 2.26. The van der Waals surface area contributed by atoms with E-state index < -0.39 is 0 Å². The van der Waals surface area contributed by atoms with Crippen LogP contribution >= 0.6 is 0 Å². The van der Waals surface area contributed by atoms with Crippen LogP contribution in [-0.2, 0) is 11.2 Å². The fraction of sp³-hybridized carbons (Fsp3) is 0.722. The molecule has 0 radical (unpaired) electrons. The summed E-state index contributed by atoms with van der Waals surface area (Å²) in [7, 11) is 0. The van der Waals surface area contributed by atoms with Gasteiger partial charge in [-0.25, -0.2) is 4.98 Å². The highest BCUT2D eigenvalue weighted by molar-refractivity contribution is 5.93. The molecule has 6 nitrogen and oxygen atoms in total. The highest BCUT2D eigenvalue weighted by atomic mass is 16.4. The zero-order chi connectivity index (χ0) is 17.1. The molecule has 0 aromatic carbocycles. The predicted octanol–water partition coefficient (Wildman–Crippen LogP) is 2.46. The van der Waals surface area contributed by atoms with Crippen LogP contribution in [0.4, 0.5) is 0 Å². The van der Waals surface area contributed by atoms with Gasteiger partial charge in [-0.2, -0.15) is 0 Å². The molecular formula is C18H27N3O3. The van der Waals surface area contributed by atoms with Crippen molar-refractivity contribution in [2.75, 3.05) is 13.1 Å². The number of carbonyl (C=O) groups is 2. The number of hydrogen-bond acceptors (Lipinski definition) is 4. The lowest BCUT2D eigenvalue weighted by Gasteiger charge is -2.27. The van der Waals surface area contributed by atoms with Gasteiger partial charge in [0.1, 0.15) is 0 Å². The van der Waals surface area contributed by atoms with E-state index in [0.717, 1.165) is 6.54 Å². The summed E-state index contributed by atoms with van der Waals surface area (Å²) in [5.74, 6) is 1.34. The lowest BCUT2D eigenvalue weighted by atomic mass is 9.89. The summed E-state index contributed by atoms with van der Waals surface area (Å²) in [6.07, 6.45) is 7.35. The van der Waals surface area contributed by atoms with Crippen LogP contribution in [0.5, 0.6) is 0 Å². The van der Waals surface area contributed by atoms with Gasteiger partial charge in [0.2, 0.25) is 11.7 Å². The van der Waals surface area contributed by atoms with Crippen molar-refractivity contribution in [1.29, 1.82) is 0 Å². The first-order valence-electron chi connectivity index (χ1n) is 9.11. The molecule has 1 atom stereocenters. The molecule has 1 aliphatic heterocycles. The summed E-state index contributed by atoms with van der Waals surface area (Å²) in [4.78, 5) is 30.8. The molecule has 132 valence electrons.